The standard InChI is InChI=1S/C12H13BrO/c1-8-3-4-10(11(13)7-8)12(5-6-12)9(2)14/h3-4,7H,5-6H2,1-2H3. The van der Waals surface area contributed by atoms with E-state index in [0.717, 1.165) is 22.9 Å². The van der Waals surface area contributed by atoms with E-state index in [1.165, 1.54) is 5.56 Å². The van der Waals surface area contributed by atoms with Crippen molar-refractivity contribution >= 4 is 21.7 Å². The van der Waals surface area contributed by atoms with Crippen molar-refractivity contribution in [1.29, 1.82) is 0 Å². The van der Waals surface area contributed by atoms with Crippen molar-refractivity contribution in [1.82, 2.24) is 0 Å². The Labute approximate surface area is 92.6 Å². The lowest BCUT2D eigenvalue weighted by Gasteiger charge is -2.14. The first-order valence-electron chi connectivity index (χ1n) is 4.84. The monoisotopic (exact) mass is 252 g/mol. The van der Waals surface area contributed by atoms with Gasteiger partial charge in [0.25, 0.3) is 0 Å². The quantitative estimate of drug-likeness (QED) is 0.789. The van der Waals surface area contributed by atoms with Gasteiger partial charge in [-0.25, -0.2) is 0 Å². The highest BCUT2D eigenvalue weighted by Gasteiger charge is 2.49. The van der Waals surface area contributed by atoms with Gasteiger partial charge in [0.2, 0.25) is 0 Å². The van der Waals surface area contributed by atoms with Gasteiger partial charge in [-0.05, 0) is 43.9 Å². The van der Waals surface area contributed by atoms with Crippen LogP contribution in [0, 0.1) is 6.92 Å². The normalized spacial score (nSPS) is 17.9. The van der Waals surface area contributed by atoms with Crippen LogP contribution in [0.5, 0.6) is 0 Å². The smallest absolute Gasteiger partial charge is 0.140 e. The van der Waals surface area contributed by atoms with Gasteiger partial charge < -0.3 is 0 Å². The number of Topliss-reactive ketones (excluding diaryl/α,β-unsaturated/α-hetero) is 1. The molecule has 1 nitrogen and oxygen atoms in total. The Hall–Kier alpha value is -0.630. The molecule has 2 rings (SSSR count). The molecule has 0 radical (unpaired) electrons. The minimum Gasteiger partial charge on any atom is -0.299 e. The van der Waals surface area contributed by atoms with Crippen LogP contribution in [0.3, 0.4) is 0 Å². The number of carbonyl (C=O) groups excluding carboxylic acids is 1. The molecule has 0 bridgehead atoms. The summed E-state index contributed by atoms with van der Waals surface area (Å²) in [5.74, 6) is 0.294. The topological polar surface area (TPSA) is 17.1 Å². The molecule has 74 valence electrons. The van der Waals surface area contributed by atoms with Gasteiger partial charge in [-0.3, -0.25) is 4.79 Å². The first kappa shape index (κ1) is 9.91. The summed E-state index contributed by atoms with van der Waals surface area (Å²) in [7, 11) is 0. The van der Waals surface area contributed by atoms with Crippen LogP contribution in [-0.4, -0.2) is 5.78 Å². The molecule has 1 aliphatic carbocycles. The average Bonchev–Trinajstić information content (AvgIpc) is 2.84. The van der Waals surface area contributed by atoms with E-state index in [0.29, 0.717) is 5.78 Å². The Morgan fingerprint density at radius 3 is 2.50 bits per heavy atom. The molecule has 14 heavy (non-hydrogen) atoms. The predicted molar refractivity (Wildman–Crippen MR) is 60.5 cm³/mol. The maximum absolute atomic E-state index is 11.5. The number of carbonyl (C=O) groups is 1. The van der Waals surface area contributed by atoms with Crippen LogP contribution >= 0.6 is 15.9 Å². The minimum absolute atomic E-state index is 0.160. The molecule has 0 unspecified atom stereocenters. The fourth-order valence-electron chi connectivity index (χ4n) is 1.94. The fraction of sp³-hybridized carbons (Fsp3) is 0.417. The van der Waals surface area contributed by atoms with E-state index < -0.39 is 0 Å². The minimum atomic E-state index is -0.160. The van der Waals surface area contributed by atoms with Crippen LogP contribution in [0.25, 0.3) is 0 Å². The molecule has 0 atom stereocenters. The number of aryl methyl sites for hydroxylation is 1. The lowest BCUT2D eigenvalue weighted by atomic mass is 9.91. The second-order valence-corrected chi connectivity index (χ2v) is 4.98. The third-order valence-electron chi connectivity index (χ3n) is 3.06. The van der Waals surface area contributed by atoms with Crippen molar-refractivity contribution in [3.8, 4) is 0 Å². The van der Waals surface area contributed by atoms with Gasteiger partial charge in [-0.2, -0.15) is 0 Å². The van der Waals surface area contributed by atoms with Crippen LogP contribution in [0.4, 0.5) is 0 Å². The molecule has 0 aromatic heterocycles. The van der Waals surface area contributed by atoms with Crippen LogP contribution in [-0.2, 0) is 10.2 Å². The van der Waals surface area contributed by atoms with Crippen molar-refractivity contribution in [2.45, 2.75) is 32.1 Å². The maximum Gasteiger partial charge on any atom is 0.140 e. The number of halogens is 1. The largest absolute Gasteiger partial charge is 0.299 e. The number of hydrogen-bond donors (Lipinski definition) is 0. The second-order valence-electron chi connectivity index (χ2n) is 4.12. The summed E-state index contributed by atoms with van der Waals surface area (Å²) < 4.78 is 1.07. The molecule has 1 saturated carbocycles. The molecule has 1 aromatic rings. The van der Waals surface area contributed by atoms with E-state index in [1.54, 1.807) is 6.92 Å². The molecule has 0 spiro atoms. The van der Waals surface area contributed by atoms with Crippen molar-refractivity contribution < 1.29 is 4.79 Å². The lowest BCUT2D eigenvalue weighted by molar-refractivity contribution is -0.119. The Kier molecular flexibility index (Phi) is 2.26. The number of ketones is 1. The molecular formula is C12H13BrO. The van der Waals surface area contributed by atoms with E-state index in [1.807, 2.05) is 0 Å². The summed E-state index contributed by atoms with van der Waals surface area (Å²) in [5.41, 5.74) is 2.22. The third kappa shape index (κ3) is 1.42. The van der Waals surface area contributed by atoms with E-state index in [-0.39, 0.29) is 5.41 Å². The molecule has 1 fully saturated rings. The van der Waals surface area contributed by atoms with Gasteiger partial charge in [-0.15, -0.1) is 0 Å². The van der Waals surface area contributed by atoms with Crippen LogP contribution in [0.15, 0.2) is 22.7 Å². The van der Waals surface area contributed by atoms with Crippen molar-refractivity contribution in [2.75, 3.05) is 0 Å². The first-order valence-corrected chi connectivity index (χ1v) is 5.63. The SMILES string of the molecule is CC(=O)C1(c2ccc(C)cc2Br)CC1. The van der Waals surface area contributed by atoms with Gasteiger partial charge in [0.15, 0.2) is 0 Å². The highest BCUT2D eigenvalue weighted by Crippen LogP contribution is 2.51. The zero-order valence-electron chi connectivity index (χ0n) is 8.43. The van der Waals surface area contributed by atoms with Crippen LogP contribution in [0.2, 0.25) is 0 Å². The van der Waals surface area contributed by atoms with Crippen LogP contribution in [0.1, 0.15) is 30.9 Å². The average molecular weight is 253 g/mol. The summed E-state index contributed by atoms with van der Waals surface area (Å²) in [6.07, 6.45) is 2.01. The van der Waals surface area contributed by atoms with Gasteiger partial charge in [-0.1, -0.05) is 28.1 Å². The van der Waals surface area contributed by atoms with Crippen molar-refractivity contribution in [2.24, 2.45) is 0 Å². The Bertz CT molecular complexity index is 391. The summed E-state index contributed by atoms with van der Waals surface area (Å²) >= 11 is 3.54. The summed E-state index contributed by atoms with van der Waals surface area (Å²) in [6, 6.07) is 6.23. The molecule has 0 heterocycles. The summed E-state index contributed by atoms with van der Waals surface area (Å²) in [6.45, 7) is 3.75. The van der Waals surface area contributed by atoms with Gasteiger partial charge in [0, 0.05) is 4.47 Å². The maximum atomic E-state index is 11.5. The van der Waals surface area contributed by atoms with E-state index in [9.17, 15) is 4.79 Å². The Morgan fingerprint density at radius 2 is 2.07 bits per heavy atom. The zero-order valence-corrected chi connectivity index (χ0v) is 10.0. The van der Waals surface area contributed by atoms with Gasteiger partial charge in [0.1, 0.15) is 5.78 Å². The summed E-state index contributed by atoms with van der Waals surface area (Å²) in [5, 5.41) is 0. The number of rotatable bonds is 2. The lowest BCUT2D eigenvalue weighted by Crippen LogP contribution is -2.17. The third-order valence-corrected chi connectivity index (χ3v) is 3.72. The van der Waals surface area contributed by atoms with Gasteiger partial charge in [0.05, 0.1) is 5.41 Å². The number of benzene rings is 1. The molecule has 1 aliphatic rings. The van der Waals surface area contributed by atoms with Crippen molar-refractivity contribution in [3.05, 3.63) is 33.8 Å². The Balaban J connectivity index is 2.47. The molecule has 1 aromatic carbocycles. The van der Waals surface area contributed by atoms with E-state index in [2.05, 4.69) is 41.1 Å². The molecule has 0 aliphatic heterocycles. The zero-order chi connectivity index (χ0) is 10.3. The van der Waals surface area contributed by atoms with Crippen LogP contribution < -0.4 is 0 Å². The molecular weight excluding hydrogens is 240 g/mol. The molecule has 0 N–H and O–H groups in total. The molecule has 0 amide bonds. The Morgan fingerprint density at radius 1 is 1.43 bits per heavy atom. The molecule has 2 heteroatoms. The number of hydrogen-bond acceptors (Lipinski definition) is 1. The predicted octanol–water partition coefficient (Wildman–Crippen LogP) is 3.38. The van der Waals surface area contributed by atoms with Gasteiger partial charge >= 0.3 is 0 Å². The second kappa shape index (κ2) is 3.20. The highest BCUT2D eigenvalue weighted by atomic mass is 79.9. The fourth-order valence-corrected chi connectivity index (χ4v) is 2.82. The van der Waals surface area contributed by atoms with Crippen molar-refractivity contribution in [3.63, 3.8) is 0 Å². The highest BCUT2D eigenvalue weighted by molar-refractivity contribution is 9.10. The summed E-state index contributed by atoms with van der Waals surface area (Å²) in [4.78, 5) is 11.5. The van der Waals surface area contributed by atoms with E-state index in [4.69, 9.17) is 0 Å². The first-order chi connectivity index (χ1) is 6.56. The molecule has 0 saturated heterocycles. The van der Waals surface area contributed by atoms with E-state index >= 15 is 0 Å².